The SMILES string of the molecule is O=C(O)c1cc(Cl)c(C(O)c2cccc(Br)n2)cn1. The Morgan fingerprint density at radius 2 is 2.16 bits per heavy atom. The Labute approximate surface area is 122 Å². The quantitative estimate of drug-likeness (QED) is 0.837. The number of rotatable bonds is 3. The van der Waals surface area contributed by atoms with Crippen LogP contribution < -0.4 is 0 Å². The number of halogens is 2. The predicted molar refractivity (Wildman–Crippen MR) is 72.2 cm³/mol. The Bertz CT molecular complexity index is 636. The van der Waals surface area contributed by atoms with Crippen LogP contribution in [0, 0.1) is 0 Å². The minimum atomic E-state index is -1.18. The summed E-state index contributed by atoms with van der Waals surface area (Å²) in [5, 5.41) is 19.1. The van der Waals surface area contributed by atoms with E-state index in [1.807, 2.05) is 0 Å². The molecule has 98 valence electrons. The highest BCUT2D eigenvalue weighted by molar-refractivity contribution is 9.10. The van der Waals surface area contributed by atoms with Gasteiger partial charge in [-0.15, -0.1) is 0 Å². The molecular weight excluding hydrogens is 336 g/mol. The summed E-state index contributed by atoms with van der Waals surface area (Å²) in [6, 6.07) is 6.28. The number of aromatic carboxylic acids is 1. The van der Waals surface area contributed by atoms with Crippen molar-refractivity contribution in [3.05, 3.63) is 57.0 Å². The van der Waals surface area contributed by atoms with Gasteiger partial charge in [-0.1, -0.05) is 17.7 Å². The molecule has 0 spiro atoms. The van der Waals surface area contributed by atoms with Crippen LogP contribution >= 0.6 is 27.5 Å². The maximum Gasteiger partial charge on any atom is 0.354 e. The second-order valence-corrected chi connectivity index (χ2v) is 4.90. The fourth-order valence-corrected chi connectivity index (χ4v) is 2.11. The van der Waals surface area contributed by atoms with Gasteiger partial charge in [0.25, 0.3) is 0 Å². The molecule has 19 heavy (non-hydrogen) atoms. The lowest BCUT2D eigenvalue weighted by Gasteiger charge is -2.12. The maximum atomic E-state index is 10.7. The van der Waals surface area contributed by atoms with E-state index in [-0.39, 0.29) is 10.7 Å². The molecule has 0 saturated carbocycles. The van der Waals surface area contributed by atoms with E-state index in [0.29, 0.717) is 15.9 Å². The Balaban J connectivity index is 2.39. The van der Waals surface area contributed by atoms with Gasteiger partial charge in [-0.05, 0) is 34.1 Å². The summed E-state index contributed by atoms with van der Waals surface area (Å²) in [4.78, 5) is 18.6. The average Bonchev–Trinajstić information content (AvgIpc) is 2.37. The number of aliphatic hydroxyl groups excluding tert-OH is 1. The molecule has 1 atom stereocenters. The Morgan fingerprint density at radius 1 is 1.42 bits per heavy atom. The average molecular weight is 344 g/mol. The molecule has 1 unspecified atom stereocenters. The van der Waals surface area contributed by atoms with Crippen LogP contribution in [0.3, 0.4) is 0 Å². The molecule has 0 radical (unpaired) electrons. The van der Waals surface area contributed by atoms with Gasteiger partial charge in [0.2, 0.25) is 0 Å². The molecule has 2 aromatic rings. The van der Waals surface area contributed by atoms with Crippen LogP contribution in [0.15, 0.2) is 35.1 Å². The Kier molecular flexibility index (Phi) is 4.14. The van der Waals surface area contributed by atoms with Crippen LogP contribution in [-0.2, 0) is 0 Å². The van der Waals surface area contributed by atoms with Crippen LogP contribution in [0.25, 0.3) is 0 Å². The predicted octanol–water partition coefficient (Wildman–Crippen LogP) is 2.67. The molecule has 0 bridgehead atoms. The molecule has 0 saturated heterocycles. The molecule has 0 aromatic carbocycles. The lowest BCUT2D eigenvalue weighted by Crippen LogP contribution is -2.06. The minimum Gasteiger partial charge on any atom is -0.477 e. The third-order valence-corrected chi connectivity index (χ3v) is 3.18. The molecule has 0 aliphatic rings. The van der Waals surface area contributed by atoms with E-state index < -0.39 is 12.1 Å². The maximum absolute atomic E-state index is 10.7. The molecule has 5 nitrogen and oxygen atoms in total. The number of hydrogen-bond donors (Lipinski definition) is 2. The van der Waals surface area contributed by atoms with Gasteiger partial charge in [0.05, 0.1) is 10.7 Å². The summed E-state index contributed by atoms with van der Waals surface area (Å²) in [5.74, 6) is -1.18. The number of carbonyl (C=O) groups is 1. The lowest BCUT2D eigenvalue weighted by molar-refractivity contribution is 0.0690. The summed E-state index contributed by atoms with van der Waals surface area (Å²) in [7, 11) is 0. The van der Waals surface area contributed by atoms with E-state index in [4.69, 9.17) is 16.7 Å². The molecule has 0 aliphatic heterocycles. The van der Waals surface area contributed by atoms with Crippen LogP contribution in [0.1, 0.15) is 27.8 Å². The molecule has 2 N–H and O–H groups in total. The van der Waals surface area contributed by atoms with Crippen molar-refractivity contribution in [1.29, 1.82) is 0 Å². The van der Waals surface area contributed by atoms with E-state index in [9.17, 15) is 9.90 Å². The third kappa shape index (κ3) is 3.09. The number of carboxylic acid groups (broad SMARTS) is 1. The molecule has 2 heterocycles. The summed E-state index contributed by atoms with van der Waals surface area (Å²) in [6.45, 7) is 0. The fraction of sp³-hybridized carbons (Fsp3) is 0.0833. The van der Waals surface area contributed by atoms with Gasteiger partial charge in [0.1, 0.15) is 16.4 Å². The van der Waals surface area contributed by atoms with Gasteiger partial charge in [-0.3, -0.25) is 0 Å². The number of aromatic nitrogens is 2. The van der Waals surface area contributed by atoms with Gasteiger partial charge >= 0.3 is 5.97 Å². The van der Waals surface area contributed by atoms with Gasteiger partial charge in [0.15, 0.2) is 0 Å². The third-order valence-electron chi connectivity index (χ3n) is 2.41. The number of carboxylic acids is 1. The van der Waals surface area contributed by atoms with Gasteiger partial charge < -0.3 is 10.2 Å². The van der Waals surface area contributed by atoms with Gasteiger partial charge in [0, 0.05) is 11.8 Å². The van der Waals surface area contributed by atoms with Crippen molar-refractivity contribution < 1.29 is 15.0 Å². The Morgan fingerprint density at radius 3 is 2.74 bits per heavy atom. The number of pyridine rings is 2. The largest absolute Gasteiger partial charge is 0.477 e. The van der Waals surface area contributed by atoms with E-state index in [1.54, 1.807) is 18.2 Å². The molecule has 2 rings (SSSR count). The highest BCUT2D eigenvalue weighted by Gasteiger charge is 2.18. The van der Waals surface area contributed by atoms with Crippen molar-refractivity contribution in [1.82, 2.24) is 9.97 Å². The first-order valence-electron chi connectivity index (χ1n) is 5.18. The van der Waals surface area contributed by atoms with E-state index >= 15 is 0 Å². The molecule has 7 heteroatoms. The summed E-state index contributed by atoms with van der Waals surface area (Å²) < 4.78 is 0.579. The first-order valence-corrected chi connectivity index (χ1v) is 6.35. The van der Waals surface area contributed by atoms with Gasteiger partial charge in [-0.2, -0.15) is 0 Å². The van der Waals surface area contributed by atoms with Crippen LogP contribution in [0.2, 0.25) is 5.02 Å². The number of hydrogen-bond acceptors (Lipinski definition) is 4. The molecular formula is C12H8BrClN2O3. The first kappa shape index (κ1) is 13.9. The fourth-order valence-electron chi connectivity index (χ4n) is 1.50. The zero-order chi connectivity index (χ0) is 14.0. The van der Waals surface area contributed by atoms with E-state index in [1.165, 1.54) is 12.3 Å². The number of aliphatic hydroxyl groups is 1. The van der Waals surface area contributed by atoms with Crippen LogP contribution in [-0.4, -0.2) is 26.2 Å². The van der Waals surface area contributed by atoms with Crippen molar-refractivity contribution in [2.24, 2.45) is 0 Å². The van der Waals surface area contributed by atoms with Crippen LogP contribution in [0.4, 0.5) is 0 Å². The van der Waals surface area contributed by atoms with Gasteiger partial charge in [-0.25, -0.2) is 14.8 Å². The second kappa shape index (κ2) is 5.64. The molecule has 0 fully saturated rings. The summed E-state index contributed by atoms with van der Waals surface area (Å²) in [5.41, 5.74) is 0.515. The van der Waals surface area contributed by atoms with Crippen LogP contribution in [0.5, 0.6) is 0 Å². The first-order chi connectivity index (χ1) is 8.99. The van der Waals surface area contributed by atoms with Crippen molar-refractivity contribution in [3.8, 4) is 0 Å². The van der Waals surface area contributed by atoms with Crippen molar-refractivity contribution >= 4 is 33.5 Å². The minimum absolute atomic E-state index is 0.127. The zero-order valence-corrected chi connectivity index (χ0v) is 11.8. The summed E-state index contributed by atoms with van der Waals surface area (Å²) in [6.07, 6.45) is 0.166. The number of nitrogens with zero attached hydrogens (tertiary/aromatic N) is 2. The lowest BCUT2D eigenvalue weighted by atomic mass is 10.1. The van der Waals surface area contributed by atoms with Crippen molar-refractivity contribution in [3.63, 3.8) is 0 Å². The van der Waals surface area contributed by atoms with E-state index in [0.717, 1.165) is 0 Å². The monoisotopic (exact) mass is 342 g/mol. The topological polar surface area (TPSA) is 83.3 Å². The Hall–Kier alpha value is -1.50. The molecule has 0 amide bonds. The summed E-state index contributed by atoms with van der Waals surface area (Å²) >= 11 is 9.16. The molecule has 2 aromatic heterocycles. The highest BCUT2D eigenvalue weighted by atomic mass is 79.9. The molecule has 0 aliphatic carbocycles. The van der Waals surface area contributed by atoms with Crippen molar-refractivity contribution in [2.75, 3.05) is 0 Å². The van der Waals surface area contributed by atoms with E-state index in [2.05, 4.69) is 25.9 Å². The smallest absolute Gasteiger partial charge is 0.354 e. The normalized spacial score (nSPS) is 12.2. The van der Waals surface area contributed by atoms with Crippen molar-refractivity contribution in [2.45, 2.75) is 6.10 Å². The standard InChI is InChI=1S/C12H8BrClN2O3/c13-10-3-1-2-8(16-10)11(17)6-5-15-9(12(18)19)4-7(6)14/h1-5,11,17H,(H,18,19). The highest BCUT2D eigenvalue weighted by Crippen LogP contribution is 2.27. The second-order valence-electron chi connectivity index (χ2n) is 3.68. The zero-order valence-electron chi connectivity index (χ0n) is 9.42.